The molecule has 0 unspecified atom stereocenters. The lowest BCUT2D eigenvalue weighted by molar-refractivity contribution is 0.0597. The zero-order chi connectivity index (χ0) is 24.0. The molecule has 5 rings (SSSR count). The molecule has 0 spiro atoms. The Kier molecular flexibility index (Phi) is 7.60. The van der Waals surface area contributed by atoms with Gasteiger partial charge < -0.3 is 4.90 Å². The van der Waals surface area contributed by atoms with Crippen LogP contribution >= 0.6 is 0 Å². The van der Waals surface area contributed by atoms with Crippen molar-refractivity contribution >= 4 is 5.91 Å². The van der Waals surface area contributed by atoms with Gasteiger partial charge in [0.05, 0.1) is 6.04 Å². The number of hydrogen-bond acceptors (Lipinski definition) is 3. The number of carbonyl (C=O) groups excluding carboxylic acids is 1. The smallest absolute Gasteiger partial charge is 0.253 e. The second kappa shape index (κ2) is 11.2. The highest BCUT2D eigenvalue weighted by atomic mass is 16.2. The number of hydrogen-bond donors (Lipinski definition) is 0. The third-order valence-electron chi connectivity index (χ3n) is 7.55. The van der Waals surface area contributed by atoms with Crippen molar-refractivity contribution in [2.45, 2.75) is 32.4 Å². The van der Waals surface area contributed by atoms with Crippen molar-refractivity contribution in [3.8, 4) is 0 Å². The number of likely N-dealkylation sites (tertiary alicyclic amines) is 1. The quantitative estimate of drug-likeness (QED) is 0.481. The van der Waals surface area contributed by atoms with Crippen LogP contribution in [0.4, 0.5) is 0 Å². The fourth-order valence-corrected chi connectivity index (χ4v) is 5.69. The van der Waals surface area contributed by atoms with E-state index in [0.29, 0.717) is 0 Å². The minimum atomic E-state index is 0.152. The monoisotopic (exact) mass is 467 g/mol. The first-order valence-electron chi connectivity index (χ1n) is 13.1. The van der Waals surface area contributed by atoms with Crippen molar-refractivity contribution in [1.82, 2.24) is 14.7 Å². The molecule has 2 aliphatic rings. The maximum atomic E-state index is 13.3. The van der Waals surface area contributed by atoms with E-state index in [0.717, 1.165) is 44.2 Å². The Bertz CT molecular complexity index is 1040. The van der Waals surface area contributed by atoms with Gasteiger partial charge in [-0.3, -0.25) is 14.6 Å². The third kappa shape index (κ3) is 5.83. The van der Waals surface area contributed by atoms with Crippen LogP contribution in [0.3, 0.4) is 0 Å². The lowest BCUT2D eigenvalue weighted by Crippen LogP contribution is -2.49. The van der Waals surface area contributed by atoms with E-state index < -0.39 is 0 Å². The van der Waals surface area contributed by atoms with E-state index in [4.69, 9.17) is 0 Å². The molecule has 2 heterocycles. The number of amides is 1. The van der Waals surface area contributed by atoms with Gasteiger partial charge in [0.2, 0.25) is 0 Å². The Morgan fingerprint density at radius 1 is 0.800 bits per heavy atom. The van der Waals surface area contributed by atoms with Gasteiger partial charge in [-0.05, 0) is 54.1 Å². The number of piperidine rings is 1. The van der Waals surface area contributed by atoms with Crippen LogP contribution in [-0.2, 0) is 6.54 Å². The molecule has 0 bridgehead atoms. The highest BCUT2D eigenvalue weighted by molar-refractivity contribution is 5.94. The first-order valence-corrected chi connectivity index (χ1v) is 13.1. The number of piperazine rings is 1. The summed E-state index contributed by atoms with van der Waals surface area (Å²) in [7, 11) is 0. The van der Waals surface area contributed by atoms with Crippen molar-refractivity contribution in [3.63, 3.8) is 0 Å². The number of rotatable bonds is 6. The molecule has 2 saturated heterocycles. The van der Waals surface area contributed by atoms with E-state index >= 15 is 0 Å². The van der Waals surface area contributed by atoms with E-state index in [2.05, 4.69) is 89.5 Å². The summed E-state index contributed by atoms with van der Waals surface area (Å²) in [4.78, 5) is 20.3. The SMILES string of the molecule is C[C@@H]1CCCN(Cc2ccc(C(=O)N3CCN(C(c4ccccc4)c4ccccc4)CC3)cc2)C1. The molecule has 182 valence electrons. The summed E-state index contributed by atoms with van der Waals surface area (Å²) in [5.41, 5.74) is 4.71. The van der Waals surface area contributed by atoms with Gasteiger partial charge in [-0.1, -0.05) is 79.7 Å². The summed E-state index contributed by atoms with van der Waals surface area (Å²) in [5.74, 6) is 0.936. The minimum absolute atomic E-state index is 0.152. The largest absolute Gasteiger partial charge is 0.336 e. The average molecular weight is 468 g/mol. The summed E-state index contributed by atoms with van der Waals surface area (Å²) >= 11 is 0. The molecule has 0 aliphatic carbocycles. The van der Waals surface area contributed by atoms with Gasteiger partial charge in [-0.15, -0.1) is 0 Å². The fraction of sp³-hybridized carbons (Fsp3) is 0.387. The zero-order valence-corrected chi connectivity index (χ0v) is 20.9. The summed E-state index contributed by atoms with van der Waals surface area (Å²) in [6.07, 6.45) is 2.63. The van der Waals surface area contributed by atoms with Crippen molar-refractivity contribution in [2.24, 2.45) is 5.92 Å². The topological polar surface area (TPSA) is 26.8 Å². The maximum absolute atomic E-state index is 13.3. The lowest BCUT2D eigenvalue weighted by atomic mass is 9.96. The third-order valence-corrected chi connectivity index (χ3v) is 7.55. The highest BCUT2D eigenvalue weighted by Crippen LogP contribution is 2.29. The first kappa shape index (κ1) is 23.8. The predicted octanol–water partition coefficient (Wildman–Crippen LogP) is 5.47. The predicted molar refractivity (Wildman–Crippen MR) is 142 cm³/mol. The van der Waals surface area contributed by atoms with E-state index in [1.54, 1.807) is 0 Å². The first-order chi connectivity index (χ1) is 17.2. The van der Waals surface area contributed by atoms with E-state index in [9.17, 15) is 4.79 Å². The Morgan fingerprint density at radius 2 is 1.40 bits per heavy atom. The molecule has 1 amide bonds. The molecule has 4 heteroatoms. The van der Waals surface area contributed by atoms with Crippen LogP contribution in [0.1, 0.15) is 52.9 Å². The van der Waals surface area contributed by atoms with Crippen LogP contribution in [0.15, 0.2) is 84.9 Å². The molecule has 2 fully saturated rings. The second-order valence-corrected chi connectivity index (χ2v) is 10.2. The molecule has 0 radical (unpaired) electrons. The molecule has 3 aromatic carbocycles. The van der Waals surface area contributed by atoms with Gasteiger partial charge >= 0.3 is 0 Å². The summed E-state index contributed by atoms with van der Waals surface area (Å²) < 4.78 is 0. The fourth-order valence-electron chi connectivity index (χ4n) is 5.69. The molecule has 4 nitrogen and oxygen atoms in total. The average Bonchev–Trinajstić information content (AvgIpc) is 2.91. The minimum Gasteiger partial charge on any atom is -0.336 e. The van der Waals surface area contributed by atoms with Crippen molar-refractivity contribution in [3.05, 3.63) is 107 Å². The second-order valence-electron chi connectivity index (χ2n) is 10.2. The van der Waals surface area contributed by atoms with Crippen LogP contribution in [0, 0.1) is 5.92 Å². The molecule has 2 aliphatic heterocycles. The molecule has 0 aromatic heterocycles. The van der Waals surface area contributed by atoms with Gasteiger partial charge in [-0.25, -0.2) is 0 Å². The summed E-state index contributed by atoms with van der Waals surface area (Å²) in [6, 6.07) is 30.0. The number of carbonyl (C=O) groups is 1. The Labute approximate surface area is 210 Å². The molecular weight excluding hydrogens is 430 g/mol. The van der Waals surface area contributed by atoms with Crippen LogP contribution in [-0.4, -0.2) is 59.9 Å². The van der Waals surface area contributed by atoms with Crippen molar-refractivity contribution in [2.75, 3.05) is 39.3 Å². The molecule has 0 N–H and O–H groups in total. The van der Waals surface area contributed by atoms with Crippen molar-refractivity contribution in [1.29, 1.82) is 0 Å². The van der Waals surface area contributed by atoms with Crippen LogP contribution in [0.2, 0.25) is 0 Å². The van der Waals surface area contributed by atoms with Crippen LogP contribution < -0.4 is 0 Å². The van der Waals surface area contributed by atoms with Gasteiger partial charge in [0, 0.05) is 44.8 Å². The van der Waals surface area contributed by atoms with Crippen LogP contribution in [0.25, 0.3) is 0 Å². The van der Waals surface area contributed by atoms with E-state index in [-0.39, 0.29) is 11.9 Å². The van der Waals surface area contributed by atoms with Gasteiger partial charge in [-0.2, -0.15) is 0 Å². The van der Waals surface area contributed by atoms with Crippen molar-refractivity contribution < 1.29 is 4.79 Å². The molecule has 1 atom stereocenters. The highest BCUT2D eigenvalue weighted by Gasteiger charge is 2.28. The Morgan fingerprint density at radius 3 is 1.97 bits per heavy atom. The number of benzene rings is 3. The normalized spacial score (nSPS) is 19.7. The molecule has 0 saturated carbocycles. The van der Waals surface area contributed by atoms with E-state index in [1.165, 1.54) is 42.6 Å². The summed E-state index contributed by atoms with van der Waals surface area (Å²) in [5, 5.41) is 0. The van der Waals surface area contributed by atoms with E-state index in [1.807, 2.05) is 17.0 Å². The zero-order valence-electron chi connectivity index (χ0n) is 20.9. The number of nitrogens with zero attached hydrogens (tertiary/aromatic N) is 3. The van der Waals surface area contributed by atoms with Gasteiger partial charge in [0.25, 0.3) is 5.91 Å². The molecular formula is C31H37N3O. The Balaban J connectivity index is 1.21. The van der Waals surface area contributed by atoms with Gasteiger partial charge in [0.1, 0.15) is 0 Å². The standard InChI is InChI=1S/C31H37N3O/c1-25-9-8-18-32(23-25)24-26-14-16-29(17-15-26)31(35)34-21-19-33(20-22-34)30(27-10-4-2-5-11-27)28-12-6-3-7-13-28/h2-7,10-17,25,30H,8-9,18-24H2,1H3/t25-/m1/s1. The Hall–Kier alpha value is -2.95. The van der Waals surface area contributed by atoms with Gasteiger partial charge in [0.15, 0.2) is 0 Å². The maximum Gasteiger partial charge on any atom is 0.253 e. The lowest BCUT2D eigenvalue weighted by Gasteiger charge is -2.39. The molecule has 3 aromatic rings. The molecule has 35 heavy (non-hydrogen) atoms. The van der Waals surface area contributed by atoms with Crippen LogP contribution in [0.5, 0.6) is 0 Å². The summed E-state index contributed by atoms with van der Waals surface area (Å²) in [6.45, 7) is 8.93.